The average Bonchev–Trinajstić information content (AvgIpc) is 1.68. The topological polar surface area (TPSA) is 46.2 Å². The third-order valence-electron chi connectivity index (χ3n) is 1.15. The fourth-order valence-electron chi connectivity index (χ4n) is 0.440. The highest BCUT2D eigenvalue weighted by atomic mass is 16.2. The van der Waals surface area contributed by atoms with Gasteiger partial charge in [-0.25, -0.2) is 0 Å². The van der Waals surface area contributed by atoms with Crippen LogP contribution in [0, 0.1) is 0 Å². The zero-order valence-electron chi connectivity index (χ0n) is 4.72. The first-order valence-electron chi connectivity index (χ1n) is 2.60. The minimum atomic E-state index is 0.565. The van der Waals surface area contributed by atoms with E-state index in [1.54, 1.807) is 0 Å². The summed E-state index contributed by atoms with van der Waals surface area (Å²) in [5.74, 6) is 0. The van der Waals surface area contributed by atoms with Crippen LogP contribution in [-0.4, -0.2) is 18.3 Å². The second-order valence-corrected chi connectivity index (χ2v) is 1.69. The second-order valence-electron chi connectivity index (χ2n) is 1.69. The van der Waals surface area contributed by atoms with E-state index in [1.165, 1.54) is 19.3 Å². The predicted octanol–water partition coefficient (Wildman–Crippen LogP) is 0.106. The summed E-state index contributed by atoms with van der Waals surface area (Å²) in [6, 6.07) is 0.565. The molecule has 0 unspecified atom stereocenters. The van der Waals surface area contributed by atoms with Crippen molar-refractivity contribution in [1.82, 2.24) is 0 Å². The summed E-state index contributed by atoms with van der Waals surface area (Å²) in [7, 11) is 1.00. The smallest absolute Gasteiger partial charge is 0.0319 e. The summed E-state index contributed by atoms with van der Waals surface area (Å²) in [6.45, 7) is 0. The van der Waals surface area contributed by atoms with Crippen molar-refractivity contribution < 1.29 is 5.11 Å². The van der Waals surface area contributed by atoms with Gasteiger partial charge in [-0.05, 0) is 12.8 Å². The molecule has 0 spiro atoms. The van der Waals surface area contributed by atoms with Crippen LogP contribution in [0.2, 0.25) is 0 Å². The molecule has 0 aromatic carbocycles. The lowest BCUT2D eigenvalue weighted by molar-refractivity contribution is 0.399. The zero-order chi connectivity index (χ0) is 5.70. The Kier molecular flexibility index (Phi) is 4.04. The molecule has 2 heteroatoms. The Hall–Kier alpha value is -0.0800. The molecular formula is C5H13NO. The fourth-order valence-corrected chi connectivity index (χ4v) is 0.440. The van der Waals surface area contributed by atoms with E-state index in [0.717, 1.165) is 7.11 Å². The van der Waals surface area contributed by atoms with Crippen LogP contribution in [0.15, 0.2) is 0 Å². The third kappa shape index (κ3) is 2.60. The van der Waals surface area contributed by atoms with Crippen molar-refractivity contribution in [2.24, 2.45) is 5.73 Å². The Labute approximate surface area is 44.3 Å². The van der Waals surface area contributed by atoms with Gasteiger partial charge in [0, 0.05) is 13.2 Å². The third-order valence-corrected chi connectivity index (χ3v) is 1.15. The molecule has 1 rings (SSSR count). The molecule has 0 heterocycles. The van der Waals surface area contributed by atoms with E-state index in [2.05, 4.69) is 0 Å². The van der Waals surface area contributed by atoms with Crippen molar-refractivity contribution in [3.63, 3.8) is 0 Å². The van der Waals surface area contributed by atoms with Crippen LogP contribution in [0.4, 0.5) is 0 Å². The summed E-state index contributed by atoms with van der Waals surface area (Å²) < 4.78 is 0. The standard InChI is InChI=1S/C4H9N.CH4O/c5-4-2-1-3-4;1-2/h4H,1-3,5H2;2H,1H3. The van der Waals surface area contributed by atoms with E-state index in [9.17, 15) is 0 Å². The monoisotopic (exact) mass is 103 g/mol. The number of rotatable bonds is 0. The molecule has 1 aliphatic rings. The minimum Gasteiger partial charge on any atom is -0.400 e. The number of aliphatic hydroxyl groups is 1. The summed E-state index contributed by atoms with van der Waals surface area (Å²) in [6.07, 6.45) is 3.89. The van der Waals surface area contributed by atoms with Gasteiger partial charge in [-0.1, -0.05) is 6.42 Å². The molecular weight excluding hydrogens is 90.1 g/mol. The molecule has 0 amide bonds. The van der Waals surface area contributed by atoms with E-state index in [-0.39, 0.29) is 0 Å². The largest absolute Gasteiger partial charge is 0.400 e. The number of aliphatic hydroxyl groups excluding tert-OH is 1. The number of hydrogen-bond donors (Lipinski definition) is 2. The van der Waals surface area contributed by atoms with Crippen LogP contribution in [0.3, 0.4) is 0 Å². The lowest BCUT2D eigenvalue weighted by Crippen LogP contribution is -2.27. The van der Waals surface area contributed by atoms with Crippen LogP contribution >= 0.6 is 0 Å². The van der Waals surface area contributed by atoms with Crippen molar-refractivity contribution >= 4 is 0 Å². The van der Waals surface area contributed by atoms with E-state index >= 15 is 0 Å². The molecule has 1 saturated carbocycles. The van der Waals surface area contributed by atoms with Gasteiger partial charge in [-0.2, -0.15) is 0 Å². The molecule has 0 aromatic heterocycles. The van der Waals surface area contributed by atoms with E-state index < -0.39 is 0 Å². The molecule has 0 aromatic rings. The van der Waals surface area contributed by atoms with Gasteiger partial charge in [-0.3, -0.25) is 0 Å². The van der Waals surface area contributed by atoms with Crippen LogP contribution in [0.5, 0.6) is 0 Å². The second kappa shape index (κ2) is 4.09. The minimum absolute atomic E-state index is 0.565. The van der Waals surface area contributed by atoms with Crippen molar-refractivity contribution in [3.05, 3.63) is 0 Å². The Balaban J connectivity index is 0.000000162. The van der Waals surface area contributed by atoms with Crippen molar-refractivity contribution in [2.75, 3.05) is 7.11 Å². The maximum Gasteiger partial charge on any atom is 0.0319 e. The highest BCUT2D eigenvalue weighted by molar-refractivity contribution is 4.70. The summed E-state index contributed by atoms with van der Waals surface area (Å²) in [4.78, 5) is 0. The molecule has 0 bridgehead atoms. The van der Waals surface area contributed by atoms with Crippen LogP contribution in [0.1, 0.15) is 19.3 Å². The first-order chi connectivity index (χ1) is 3.39. The van der Waals surface area contributed by atoms with Gasteiger partial charge >= 0.3 is 0 Å². The summed E-state index contributed by atoms with van der Waals surface area (Å²) >= 11 is 0. The van der Waals surface area contributed by atoms with Gasteiger partial charge in [-0.15, -0.1) is 0 Å². The normalized spacial score (nSPS) is 19.3. The zero-order valence-corrected chi connectivity index (χ0v) is 4.72. The van der Waals surface area contributed by atoms with Crippen LogP contribution in [0.25, 0.3) is 0 Å². The van der Waals surface area contributed by atoms with Crippen molar-refractivity contribution in [1.29, 1.82) is 0 Å². The predicted molar refractivity (Wildman–Crippen MR) is 30.0 cm³/mol. The van der Waals surface area contributed by atoms with Gasteiger partial charge in [0.05, 0.1) is 0 Å². The molecule has 0 radical (unpaired) electrons. The molecule has 0 atom stereocenters. The molecule has 1 aliphatic carbocycles. The maximum absolute atomic E-state index is 7.00. The Morgan fingerprint density at radius 1 is 1.43 bits per heavy atom. The Bertz CT molecular complexity index is 35.1. The molecule has 1 fully saturated rings. The molecule has 44 valence electrons. The van der Waals surface area contributed by atoms with E-state index in [1.807, 2.05) is 0 Å². The Morgan fingerprint density at radius 3 is 1.71 bits per heavy atom. The van der Waals surface area contributed by atoms with Gasteiger partial charge < -0.3 is 10.8 Å². The van der Waals surface area contributed by atoms with Crippen LogP contribution < -0.4 is 5.73 Å². The maximum atomic E-state index is 7.00. The van der Waals surface area contributed by atoms with E-state index in [0.29, 0.717) is 6.04 Å². The van der Waals surface area contributed by atoms with E-state index in [4.69, 9.17) is 10.8 Å². The first kappa shape index (κ1) is 6.92. The van der Waals surface area contributed by atoms with Gasteiger partial charge in [0.1, 0.15) is 0 Å². The lowest BCUT2D eigenvalue weighted by Gasteiger charge is -2.18. The molecule has 3 N–H and O–H groups in total. The lowest BCUT2D eigenvalue weighted by atomic mass is 9.95. The number of hydrogen-bond acceptors (Lipinski definition) is 2. The SMILES string of the molecule is CO.NC1CCC1. The quantitative estimate of drug-likeness (QED) is 0.457. The molecule has 7 heavy (non-hydrogen) atoms. The summed E-state index contributed by atoms with van der Waals surface area (Å²) in [5, 5.41) is 7.00. The van der Waals surface area contributed by atoms with Crippen molar-refractivity contribution in [3.8, 4) is 0 Å². The van der Waals surface area contributed by atoms with Gasteiger partial charge in [0.2, 0.25) is 0 Å². The highest BCUT2D eigenvalue weighted by Gasteiger charge is 2.09. The average molecular weight is 103 g/mol. The summed E-state index contributed by atoms with van der Waals surface area (Å²) in [5.41, 5.74) is 5.38. The van der Waals surface area contributed by atoms with Crippen LogP contribution in [-0.2, 0) is 0 Å². The highest BCUT2D eigenvalue weighted by Crippen LogP contribution is 2.14. The van der Waals surface area contributed by atoms with Gasteiger partial charge in [0.15, 0.2) is 0 Å². The molecule has 0 saturated heterocycles. The molecule has 2 nitrogen and oxygen atoms in total. The van der Waals surface area contributed by atoms with Gasteiger partial charge in [0.25, 0.3) is 0 Å². The number of nitrogens with two attached hydrogens (primary N) is 1. The molecule has 0 aliphatic heterocycles. The fraction of sp³-hybridized carbons (Fsp3) is 1.00. The Morgan fingerprint density at radius 2 is 1.71 bits per heavy atom. The van der Waals surface area contributed by atoms with Crippen molar-refractivity contribution in [2.45, 2.75) is 25.3 Å². The first-order valence-corrected chi connectivity index (χ1v) is 2.60.